The van der Waals surface area contributed by atoms with Crippen molar-refractivity contribution in [1.82, 2.24) is 4.90 Å². The molecule has 0 aliphatic rings. The van der Waals surface area contributed by atoms with Gasteiger partial charge in [0.05, 0.1) is 74.5 Å². The molecule has 0 saturated heterocycles. The molecule has 0 aliphatic carbocycles. The van der Waals surface area contributed by atoms with E-state index in [1.165, 1.54) is 0 Å². The highest BCUT2D eigenvalue weighted by Crippen LogP contribution is 2.05. The number of nitrogens with zero attached hydrogens (tertiary/aromatic N) is 3. The molecule has 22 heavy (non-hydrogen) atoms. The maximum Gasteiger partial charge on any atom is 0.239 e. The van der Waals surface area contributed by atoms with Crippen molar-refractivity contribution in [2.45, 2.75) is 25.3 Å². The molecule has 0 aromatic heterocycles. The minimum Gasteiger partial charge on any atom is -0.330 e. The van der Waals surface area contributed by atoms with E-state index in [-0.39, 0.29) is 5.91 Å². The first-order valence-corrected chi connectivity index (χ1v) is 8.31. The van der Waals surface area contributed by atoms with E-state index in [1.807, 2.05) is 4.90 Å². The third-order valence-electron chi connectivity index (χ3n) is 3.68. The SMILES string of the molecule is C[N+](C)(C)CCN(CC[N+](C)(C)C)C(=O)C(N)CCCCN. The zero-order valence-corrected chi connectivity index (χ0v) is 15.6. The maximum absolute atomic E-state index is 12.6. The van der Waals surface area contributed by atoms with Crippen LogP contribution in [0, 0.1) is 0 Å². The Morgan fingerprint density at radius 3 is 1.77 bits per heavy atom. The van der Waals surface area contributed by atoms with Gasteiger partial charge in [0.2, 0.25) is 5.91 Å². The lowest BCUT2D eigenvalue weighted by molar-refractivity contribution is -0.872. The van der Waals surface area contributed by atoms with E-state index in [9.17, 15) is 4.79 Å². The highest BCUT2D eigenvalue weighted by molar-refractivity contribution is 5.81. The number of rotatable bonds is 11. The second kappa shape index (κ2) is 9.45. The summed E-state index contributed by atoms with van der Waals surface area (Å²) in [6.45, 7) is 4.03. The van der Waals surface area contributed by atoms with Crippen LogP contribution in [0.2, 0.25) is 0 Å². The summed E-state index contributed by atoms with van der Waals surface area (Å²) in [5, 5.41) is 0. The summed E-state index contributed by atoms with van der Waals surface area (Å²) >= 11 is 0. The smallest absolute Gasteiger partial charge is 0.239 e. The molecular weight excluding hydrogens is 278 g/mol. The van der Waals surface area contributed by atoms with E-state index in [2.05, 4.69) is 42.3 Å². The molecule has 1 atom stereocenters. The van der Waals surface area contributed by atoms with Crippen LogP contribution in [0.5, 0.6) is 0 Å². The highest BCUT2D eigenvalue weighted by atomic mass is 16.2. The second-order valence-corrected chi connectivity index (χ2v) is 8.24. The summed E-state index contributed by atoms with van der Waals surface area (Å²) < 4.78 is 1.69. The van der Waals surface area contributed by atoms with Gasteiger partial charge in [0.1, 0.15) is 0 Å². The number of nitrogens with two attached hydrogens (primary N) is 2. The highest BCUT2D eigenvalue weighted by Gasteiger charge is 2.24. The monoisotopic (exact) mass is 317 g/mol. The Hall–Kier alpha value is -0.690. The molecule has 1 unspecified atom stereocenters. The predicted octanol–water partition coefficient (Wildman–Crippen LogP) is -0.316. The molecule has 0 aromatic carbocycles. The van der Waals surface area contributed by atoms with Crippen LogP contribution in [0.1, 0.15) is 19.3 Å². The van der Waals surface area contributed by atoms with E-state index >= 15 is 0 Å². The number of hydrogen-bond donors (Lipinski definition) is 2. The van der Waals surface area contributed by atoms with Gasteiger partial charge in [-0.05, 0) is 19.4 Å². The predicted molar refractivity (Wildman–Crippen MR) is 93.3 cm³/mol. The van der Waals surface area contributed by atoms with Gasteiger partial charge in [0.15, 0.2) is 0 Å². The van der Waals surface area contributed by atoms with Crippen molar-refractivity contribution in [2.75, 3.05) is 75.0 Å². The third-order valence-corrected chi connectivity index (χ3v) is 3.68. The number of hydrogen-bond acceptors (Lipinski definition) is 3. The molecule has 0 bridgehead atoms. The van der Waals surface area contributed by atoms with E-state index in [1.54, 1.807) is 0 Å². The van der Waals surface area contributed by atoms with Gasteiger partial charge in [-0.2, -0.15) is 0 Å². The fourth-order valence-corrected chi connectivity index (χ4v) is 2.04. The lowest BCUT2D eigenvalue weighted by atomic mass is 10.1. The summed E-state index contributed by atoms with van der Waals surface area (Å²) in [4.78, 5) is 14.6. The van der Waals surface area contributed by atoms with Crippen LogP contribution in [0.4, 0.5) is 0 Å². The topological polar surface area (TPSA) is 72.3 Å². The van der Waals surface area contributed by atoms with Crippen LogP contribution in [-0.2, 0) is 4.79 Å². The minimum absolute atomic E-state index is 0.0823. The van der Waals surface area contributed by atoms with E-state index in [0.29, 0.717) is 6.54 Å². The molecular formula is C16H39N5O+2. The molecule has 0 rings (SSSR count). The lowest BCUT2D eigenvalue weighted by Gasteiger charge is -2.33. The molecule has 6 heteroatoms. The first-order valence-electron chi connectivity index (χ1n) is 8.31. The van der Waals surface area contributed by atoms with Crippen LogP contribution in [0.15, 0.2) is 0 Å². The molecule has 4 N–H and O–H groups in total. The molecule has 6 nitrogen and oxygen atoms in total. The number of amides is 1. The average Bonchev–Trinajstić information content (AvgIpc) is 2.35. The van der Waals surface area contributed by atoms with E-state index in [4.69, 9.17) is 11.5 Å². The summed E-state index contributed by atoms with van der Waals surface area (Å²) in [5.41, 5.74) is 11.6. The standard InChI is InChI=1S/C16H39N5O/c1-20(2,3)13-11-19(12-14-21(4,5)6)16(22)15(18)9-7-8-10-17/h15H,7-14,17-18H2,1-6H3/q+2. The van der Waals surface area contributed by atoms with Crippen molar-refractivity contribution >= 4 is 5.91 Å². The number of unbranched alkanes of at least 4 members (excludes halogenated alkanes) is 1. The Kier molecular flexibility index (Phi) is 9.15. The molecule has 132 valence electrons. The van der Waals surface area contributed by atoms with Gasteiger partial charge in [0.25, 0.3) is 0 Å². The number of carbonyl (C=O) groups excluding carboxylic acids is 1. The molecule has 0 aliphatic heterocycles. The normalized spacial score (nSPS) is 14.0. The van der Waals surface area contributed by atoms with Crippen LogP contribution in [0.3, 0.4) is 0 Å². The zero-order chi connectivity index (χ0) is 17.4. The van der Waals surface area contributed by atoms with Crippen molar-refractivity contribution < 1.29 is 13.8 Å². The maximum atomic E-state index is 12.6. The Balaban J connectivity index is 4.62. The lowest BCUT2D eigenvalue weighted by Crippen LogP contribution is -2.52. The first kappa shape index (κ1) is 21.3. The second-order valence-electron chi connectivity index (χ2n) is 8.24. The Morgan fingerprint density at radius 1 is 0.955 bits per heavy atom. The van der Waals surface area contributed by atoms with Gasteiger partial charge in [-0.1, -0.05) is 6.42 Å². The van der Waals surface area contributed by atoms with Gasteiger partial charge < -0.3 is 25.3 Å². The van der Waals surface area contributed by atoms with Crippen molar-refractivity contribution in [1.29, 1.82) is 0 Å². The van der Waals surface area contributed by atoms with Crippen molar-refractivity contribution in [3.8, 4) is 0 Å². The molecule has 0 aromatic rings. The van der Waals surface area contributed by atoms with Crippen LogP contribution in [-0.4, -0.2) is 101 Å². The largest absolute Gasteiger partial charge is 0.330 e. The molecule has 0 spiro atoms. The Bertz CT molecular complexity index is 301. The average molecular weight is 318 g/mol. The van der Waals surface area contributed by atoms with Crippen LogP contribution >= 0.6 is 0 Å². The summed E-state index contributed by atoms with van der Waals surface area (Å²) in [7, 11) is 12.9. The van der Waals surface area contributed by atoms with Crippen LogP contribution in [0.25, 0.3) is 0 Å². The van der Waals surface area contributed by atoms with Crippen molar-refractivity contribution in [3.63, 3.8) is 0 Å². The van der Waals surface area contributed by atoms with E-state index in [0.717, 1.165) is 54.4 Å². The molecule has 1 amide bonds. The fraction of sp³-hybridized carbons (Fsp3) is 0.938. The number of carbonyl (C=O) groups is 1. The van der Waals surface area contributed by atoms with Crippen molar-refractivity contribution in [3.05, 3.63) is 0 Å². The summed E-state index contributed by atoms with van der Waals surface area (Å²) in [6, 6.07) is -0.397. The van der Waals surface area contributed by atoms with Gasteiger partial charge in [-0.3, -0.25) is 4.79 Å². The minimum atomic E-state index is -0.397. The molecule has 0 heterocycles. The quantitative estimate of drug-likeness (QED) is 0.405. The Labute approximate surface area is 137 Å². The number of likely N-dealkylation sites (N-methyl/N-ethyl adjacent to an activating group) is 2. The first-order chi connectivity index (χ1) is 9.96. The van der Waals surface area contributed by atoms with Gasteiger partial charge in [-0.15, -0.1) is 0 Å². The molecule has 0 radical (unpaired) electrons. The summed E-state index contributed by atoms with van der Waals surface area (Å²) in [5.74, 6) is 0.0823. The van der Waals surface area contributed by atoms with Gasteiger partial charge in [0, 0.05) is 0 Å². The molecule has 0 saturated carbocycles. The van der Waals surface area contributed by atoms with Gasteiger partial charge in [-0.25, -0.2) is 0 Å². The fourth-order valence-electron chi connectivity index (χ4n) is 2.04. The van der Waals surface area contributed by atoms with Gasteiger partial charge >= 0.3 is 0 Å². The zero-order valence-electron chi connectivity index (χ0n) is 15.6. The third kappa shape index (κ3) is 11.0. The summed E-state index contributed by atoms with van der Waals surface area (Å²) in [6.07, 6.45) is 2.57. The Morgan fingerprint density at radius 2 is 1.41 bits per heavy atom. The number of quaternary nitrogens is 2. The van der Waals surface area contributed by atoms with Crippen molar-refractivity contribution in [2.24, 2.45) is 11.5 Å². The van der Waals surface area contributed by atoms with Crippen LogP contribution < -0.4 is 11.5 Å². The molecule has 0 fully saturated rings. The van der Waals surface area contributed by atoms with E-state index < -0.39 is 6.04 Å².